The van der Waals surface area contributed by atoms with E-state index in [-0.39, 0.29) is 18.1 Å². The molecule has 0 aromatic heterocycles. The van der Waals surface area contributed by atoms with Crippen molar-refractivity contribution in [2.45, 2.75) is 6.42 Å². The molecule has 0 atom stereocenters. The molecule has 4 rings (SSSR count). The van der Waals surface area contributed by atoms with Gasteiger partial charge in [-0.25, -0.2) is 4.39 Å². The lowest BCUT2D eigenvalue weighted by Gasteiger charge is -2.37. The molecule has 3 aromatic carbocycles. The van der Waals surface area contributed by atoms with Crippen molar-refractivity contribution < 1.29 is 9.18 Å². The summed E-state index contributed by atoms with van der Waals surface area (Å²) in [4.78, 5) is 16.6. The summed E-state index contributed by atoms with van der Waals surface area (Å²) >= 11 is 0. The average Bonchev–Trinajstić information content (AvgIpc) is 2.75. The van der Waals surface area contributed by atoms with Crippen molar-refractivity contribution in [3.8, 4) is 0 Å². The second kappa shape index (κ2) is 8.78. The zero-order valence-electron chi connectivity index (χ0n) is 16.2. The quantitative estimate of drug-likeness (QED) is 0.705. The Balaban J connectivity index is 1.36. The van der Waals surface area contributed by atoms with Crippen molar-refractivity contribution in [3.63, 3.8) is 0 Å². The molecule has 1 fully saturated rings. The first-order valence-electron chi connectivity index (χ1n) is 9.87. The Morgan fingerprint density at radius 1 is 0.828 bits per heavy atom. The molecule has 29 heavy (non-hydrogen) atoms. The largest absolute Gasteiger partial charge is 0.368 e. The van der Waals surface area contributed by atoms with E-state index in [1.165, 1.54) is 11.8 Å². The molecule has 1 aliphatic rings. The van der Waals surface area contributed by atoms with Gasteiger partial charge < -0.3 is 15.1 Å². The Labute approximate surface area is 170 Å². The standard InChI is InChI=1S/C24H24FN3O/c25-22-18-20(26-24(29)17-19-7-3-1-4-8-19)11-12-23(22)28-15-13-27(14-16-28)21-9-5-2-6-10-21/h1-12,18H,13-17H2,(H,26,29). The molecule has 1 N–H and O–H groups in total. The summed E-state index contributed by atoms with van der Waals surface area (Å²) in [7, 11) is 0. The molecule has 0 saturated carbocycles. The van der Waals surface area contributed by atoms with Gasteiger partial charge in [0.2, 0.25) is 5.91 Å². The number of hydrogen-bond acceptors (Lipinski definition) is 3. The van der Waals surface area contributed by atoms with Crippen LogP contribution in [0.25, 0.3) is 0 Å². The Morgan fingerprint density at radius 2 is 1.45 bits per heavy atom. The van der Waals surface area contributed by atoms with Gasteiger partial charge in [0.1, 0.15) is 5.82 Å². The molecule has 0 bridgehead atoms. The van der Waals surface area contributed by atoms with Gasteiger partial charge in [-0.05, 0) is 35.9 Å². The van der Waals surface area contributed by atoms with E-state index in [9.17, 15) is 9.18 Å². The molecule has 1 saturated heterocycles. The predicted octanol–water partition coefficient (Wildman–Crippen LogP) is 4.33. The van der Waals surface area contributed by atoms with Crippen molar-refractivity contribution in [1.29, 1.82) is 0 Å². The van der Waals surface area contributed by atoms with E-state index in [0.29, 0.717) is 11.4 Å². The summed E-state index contributed by atoms with van der Waals surface area (Å²) in [5.74, 6) is -0.463. The third kappa shape index (κ3) is 4.74. The first-order valence-corrected chi connectivity index (χ1v) is 9.87. The number of rotatable bonds is 5. The van der Waals surface area contributed by atoms with E-state index in [0.717, 1.165) is 31.7 Å². The van der Waals surface area contributed by atoms with E-state index >= 15 is 0 Å². The fraction of sp³-hybridized carbons (Fsp3) is 0.208. The van der Waals surface area contributed by atoms with Crippen LogP contribution in [0, 0.1) is 5.82 Å². The fourth-order valence-corrected chi connectivity index (χ4v) is 3.67. The lowest BCUT2D eigenvalue weighted by atomic mass is 10.1. The number of halogens is 1. The maximum absolute atomic E-state index is 14.7. The third-order valence-electron chi connectivity index (χ3n) is 5.18. The molecule has 4 nitrogen and oxygen atoms in total. The van der Waals surface area contributed by atoms with Crippen LogP contribution in [-0.2, 0) is 11.2 Å². The zero-order chi connectivity index (χ0) is 20.1. The highest BCUT2D eigenvalue weighted by molar-refractivity contribution is 5.92. The number of hydrogen-bond donors (Lipinski definition) is 1. The van der Waals surface area contributed by atoms with E-state index in [4.69, 9.17) is 0 Å². The normalized spacial score (nSPS) is 14.0. The summed E-state index contributed by atoms with van der Waals surface area (Å²) < 4.78 is 14.7. The SMILES string of the molecule is O=C(Cc1ccccc1)Nc1ccc(N2CCN(c3ccccc3)CC2)c(F)c1. The smallest absolute Gasteiger partial charge is 0.228 e. The van der Waals surface area contributed by atoms with Crippen molar-refractivity contribution >= 4 is 23.0 Å². The maximum Gasteiger partial charge on any atom is 0.228 e. The molecule has 0 aliphatic carbocycles. The van der Waals surface area contributed by atoms with Crippen LogP contribution in [0.1, 0.15) is 5.56 Å². The highest BCUT2D eigenvalue weighted by Crippen LogP contribution is 2.25. The Kier molecular flexibility index (Phi) is 5.75. The van der Waals surface area contributed by atoms with E-state index < -0.39 is 0 Å². The van der Waals surface area contributed by atoms with Gasteiger partial charge in [0.05, 0.1) is 12.1 Å². The Bertz CT molecular complexity index is 954. The summed E-state index contributed by atoms with van der Waals surface area (Å²) in [5, 5.41) is 2.78. The average molecular weight is 389 g/mol. The molecule has 1 amide bonds. The number of amides is 1. The minimum absolute atomic E-state index is 0.153. The lowest BCUT2D eigenvalue weighted by molar-refractivity contribution is -0.115. The molecule has 0 spiro atoms. The minimum atomic E-state index is -0.310. The van der Waals surface area contributed by atoms with Gasteiger partial charge in [-0.1, -0.05) is 48.5 Å². The molecular formula is C24H24FN3O. The number of piperazine rings is 1. The molecule has 0 radical (unpaired) electrons. The van der Waals surface area contributed by atoms with Crippen molar-refractivity contribution in [2.24, 2.45) is 0 Å². The van der Waals surface area contributed by atoms with Crippen LogP contribution in [0.3, 0.4) is 0 Å². The van der Waals surface area contributed by atoms with Crippen LogP contribution >= 0.6 is 0 Å². The number of nitrogens with zero attached hydrogens (tertiary/aromatic N) is 2. The Morgan fingerprint density at radius 3 is 2.10 bits per heavy atom. The van der Waals surface area contributed by atoms with Gasteiger partial charge in [0, 0.05) is 37.6 Å². The van der Waals surface area contributed by atoms with Crippen LogP contribution in [0.15, 0.2) is 78.9 Å². The number of nitrogens with one attached hydrogen (secondary N) is 1. The number of benzene rings is 3. The van der Waals surface area contributed by atoms with Crippen LogP contribution in [0.2, 0.25) is 0 Å². The molecule has 0 unspecified atom stereocenters. The van der Waals surface area contributed by atoms with E-state index in [2.05, 4.69) is 27.2 Å². The van der Waals surface area contributed by atoms with Crippen molar-refractivity contribution in [3.05, 3.63) is 90.2 Å². The van der Waals surface area contributed by atoms with E-state index in [1.807, 2.05) is 48.5 Å². The van der Waals surface area contributed by atoms with Crippen LogP contribution in [-0.4, -0.2) is 32.1 Å². The first kappa shape index (κ1) is 19.0. The van der Waals surface area contributed by atoms with Crippen LogP contribution in [0.4, 0.5) is 21.5 Å². The topological polar surface area (TPSA) is 35.6 Å². The number of anilines is 3. The highest BCUT2D eigenvalue weighted by atomic mass is 19.1. The van der Waals surface area contributed by atoms with Gasteiger partial charge in [0.15, 0.2) is 0 Å². The lowest BCUT2D eigenvalue weighted by Crippen LogP contribution is -2.46. The Hall–Kier alpha value is -3.34. The summed E-state index contributed by atoms with van der Waals surface area (Å²) in [5.41, 5.74) is 3.19. The van der Waals surface area contributed by atoms with Crippen molar-refractivity contribution in [2.75, 3.05) is 41.3 Å². The molecule has 1 aliphatic heterocycles. The number of carbonyl (C=O) groups is 1. The first-order chi connectivity index (χ1) is 14.2. The van der Waals surface area contributed by atoms with Gasteiger partial charge in [-0.2, -0.15) is 0 Å². The van der Waals surface area contributed by atoms with E-state index in [1.54, 1.807) is 12.1 Å². The number of para-hydroxylation sites is 1. The molecular weight excluding hydrogens is 365 g/mol. The van der Waals surface area contributed by atoms with Gasteiger partial charge in [-0.15, -0.1) is 0 Å². The zero-order valence-corrected chi connectivity index (χ0v) is 16.2. The summed E-state index contributed by atoms with van der Waals surface area (Å²) in [6.45, 7) is 3.20. The van der Waals surface area contributed by atoms with Crippen LogP contribution in [0.5, 0.6) is 0 Å². The van der Waals surface area contributed by atoms with Crippen molar-refractivity contribution in [1.82, 2.24) is 0 Å². The van der Waals surface area contributed by atoms with Gasteiger partial charge >= 0.3 is 0 Å². The summed E-state index contributed by atoms with van der Waals surface area (Å²) in [6.07, 6.45) is 0.270. The maximum atomic E-state index is 14.7. The number of carbonyl (C=O) groups excluding carboxylic acids is 1. The second-order valence-corrected chi connectivity index (χ2v) is 7.19. The monoisotopic (exact) mass is 389 g/mol. The molecule has 3 aromatic rings. The minimum Gasteiger partial charge on any atom is -0.368 e. The third-order valence-corrected chi connectivity index (χ3v) is 5.18. The summed E-state index contributed by atoms with van der Waals surface area (Å²) in [6, 6.07) is 24.7. The molecule has 148 valence electrons. The van der Waals surface area contributed by atoms with Crippen LogP contribution < -0.4 is 15.1 Å². The van der Waals surface area contributed by atoms with Gasteiger partial charge in [0.25, 0.3) is 0 Å². The highest BCUT2D eigenvalue weighted by Gasteiger charge is 2.20. The van der Waals surface area contributed by atoms with Gasteiger partial charge in [-0.3, -0.25) is 4.79 Å². The predicted molar refractivity (Wildman–Crippen MR) is 116 cm³/mol. The fourth-order valence-electron chi connectivity index (χ4n) is 3.67. The molecule has 1 heterocycles. The molecule has 5 heteroatoms. The second-order valence-electron chi connectivity index (χ2n) is 7.19.